The highest BCUT2D eigenvalue weighted by atomic mass is 35.5. The van der Waals surface area contributed by atoms with E-state index >= 15 is 0 Å². The number of nitrogens with one attached hydrogen (secondary N) is 1. The van der Waals surface area contributed by atoms with Gasteiger partial charge in [0.25, 0.3) is 5.69 Å². The van der Waals surface area contributed by atoms with E-state index in [1.807, 2.05) is 13.0 Å². The summed E-state index contributed by atoms with van der Waals surface area (Å²) in [5.41, 5.74) is 2.11. The van der Waals surface area contributed by atoms with Crippen molar-refractivity contribution in [1.29, 1.82) is 0 Å². The predicted octanol–water partition coefficient (Wildman–Crippen LogP) is 3.29. The van der Waals surface area contributed by atoms with E-state index in [4.69, 9.17) is 0 Å². The Labute approximate surface area is 138 Å². The summed E-state index contributed by atoms with van der Waals surface area (Å²) in [6, 6.07) is 6.00. The Balaban J connectivity index is 0.00000242. The van der Waals surface area contributed by atoms with Crippen molar-refractivity contribution in [2.75, 3.05) is 19.6 Å². The molecule has 0 aromatic heterocycles. The molecule has 1 fully saturated rings. The fourth-order valence-corrected chi connectivity index (χ4v) is 3.11. The highest BCUT2D eigenvalue weighted by molar-refractivity contribution is 5.85. The minimum Gasteiger partial charge on any atom is -0.317 e. The van der Waals surface area contributed by atoms with Gasteiger partial charge in [-0.3, -0.25) is 15.0 Å². The monoisotopic (exact) mass is 327 g/mol. The molecule has 124 valence electrons. The molecule has 0 aliphatic carbocycles. The van der Waals surface area contributed by atoms with Crippen LogP contribution in [0.15, 0.2) is 18.2 Å². The Morgan fingerprint density at radius 3 is 2.64 bits per heavy atom. The molecule has 0 spiro atoms. The van der Waals surface area contributed by atoms with Crippen LogP contribution < -0.4 is 5.32 Å². The molecule has 0 amide bonds. The van der Waals surface area contributed by atoms with Crippen LogP contribution in [0, 0.1) is 17.0 Å². The van der Waals surface area contributed by atoms with Gasteiger partial charge < -0.3 is 5.32 Å². The number of piperidine rings is 1. The molecule has 1 aromatic rings. The van der Waals surface area contributed by atoms with Crippen LogP contribution in [0.25, 0.3) is 0 Å². The summed E-state index contributed by atoms with van der Waals surface area (Å²) >= 11 is 0. The Morgan fingerprint density at radius 2 is 2.05 bits per heavy atom. The molecule has 0 atom stereocenters. The molecule has 1 aromatic carbocycles. The Kier molecular flexibility index (Phi) is 7.79. The fourth-order valence-electron chi connectivity index (χ4n) is 3.11. The van der Waals surface area contributed by atoms with Crippen LogP contribution in [-0.2, 0) is 6.54 Å². The fraction of sp³-hybridized carbons (Fsp3) is 0.625. The van der Waals surface area contributed by atoms with Gasteiger partial charge in [0, 0.05) is 24.2 Å². The van der Waals surface area contributed by atoms with Crippen molar-refractivity contribution in [2.24, 2.45) is 0 Å². The predicted molar refractivity (Wildman–Crippen MR) is 91.7 cm³/mol. The summed E-state index contributed by atoms with van der Waals surface area (Å²) in [5.74, 6) is 0. The number of halogens is 1. The van der Waals surface area contributed by atoms with E-state index in [1.165, 1.54) is 0 Å². The van der Waals surface area contributed by atoms with Gasteiger partial charge in [-0.05, 0) is 51.4 Å². The minimum atomic E-state index is -0.284. The first-order valence-corrected chi connectivity index (χ1v) is 7.81. The molecule has 0 unspecified atom stereocenters. The van der Waals surface area contributed by atoms with E-state index in [2.05, 4.69) is 17.1 Å². The van der Waals surface area contributed by atoms with Gasteiger partial charge in [-0.25, -0.2) is 0 Å². The van der Waals surface area contributed by atoms with Crippen molar-refractivity contribution in [3.63, 3.8) is 0 Å². The number of hydrogen-bond donors (Lipinski definition) is 1. The molecule has 0 saturated carbocycles. The van der Waals surface area contributed by atoms with Crippen molar-refractivity contribution >= 4 is 18.1 Å². The lowest BCUT2D eigenvalue weighted by atomic mass is 10.0. The van der Waals surface area contributed by atoms with Crippen LogP contribution in [-0.4, -0.2) is 35.5 Å². The highest BCUT2D eigenvalue weighted by Crippen LogP contribution is 2.24. The van der Waals surface area contributed by atoms with Crippen molar-refractivity contribution in [2.45, 2.75) is 45.7 Å². The standard InChI is InChI=1S/C16H25N3O2.ClH/c1-3-11-18(15-7-9-17-10-8-15)12-14-5-4-6-16(13(14)2)19(20)21;/h4-6,15,17H,3,7-12H2,1-2H3;1H. The lowest BCUT2D eigenvalue weighted by molar-refractivity contribution is -0.385. The first-order valence-electron chi connectivity index (χ1n) is 7.81. The second kappa shape index (κ2) is 9.08. The summed E-state index contributed by atoms with van der Waals surface area (Å²) in [5, 5.41) is 14.5. The van der Waals surface area contributed by atoms with Gasteiger partial charge >= 0.3 is 0 Å². The molecule has 2 rings (SSSR count). The van der Waals surface area contributed by atoms with Gasteiger partial charge in [0.2, 0.25) is 0 Å². The molecule has 6 heteroatoms. The van der Waals surface area contributed by atoms with Crippen LogP contribution in [0.4, 0.5) is 5.69 Å². The lowest BCUT2D eigenvalue weighted by Crippen LogP contribution is -2.43. The topological polar surface area (TPSA) is 58.4 Å². The van der Waals surface area contributed by atoms with Crippen LogP contribution in [0.5, 0.6) is 0 Å². The molecule has 1 saturated heterocycles. The smallest absolute Gasteiger partial charge is 0.272 e. The average Bonchev–Trinajstić information content (AvgIpc) is 2.49. The summed E-state index contributed by atoms with van der Waals surface area (Å²) in [6.45, 7) is 8.05. The number of rotatable bonds is 6. The molecule has 1 aliphatic heterocycles. The molecule has 22 heavy (non-hydrogen) atoms. The zero-order chi connectivity index (χ0) is 15.2. The number of nitrogens with zero attached hydrogens (tertiary/aromatic N) is 2. The van der Waals surface area contributed by atoms with Crippen molar-refractivity contribution in [3.8, 4) is 0 Å². The van der Waals surface area contributed by atoms with E-state index < -0.39 is 0 Å². The summed E-state index contributed by atoms with van der Waals surface area (Å²) in [6.07, 6.45) is 3.43. The molecular formula is C16H26ClN3O2. The van der Waals surface area contributed by atoms with Crippen LogP contribution in [0.3, 0.4) is 0 Å². The number of nitro groups is 1. The maximum absolute atomic E-state index is 11.1. The first-order chi connectivity index (χ1) is 10.1. The molecule has 1 heterocycles. The van der Waals surface area contributed by atoms with Gasteiger partial charge in [-0.1, -0.05) is 19.1 Å². The third-order valence-electron chi connectivity index (χ3n) is 4.32. The van der Waals surface area contributed by atoms with Crippen LogP contribution in [0.2, 0.25) is 0 Å². The van der Waals surface area contributed by atoms with Gasteiger partial charge in [0.15, 0.2) is 0 Å². The van der Waals surface area contributed by atoms with Crippen LogP contribution in [0.1, 0.15) is 37.3 Å². The van der Waals surface area contributed by atoms with Crippen LogP contribution >= 0.6 is 12.4 Å². The van der Waals surface area contributed by atoms with Gasteiger partial charge in [0.05, 0.1) is 4.92 Å². The second-order valence-electron chi connectivity index (χ2n) is 5.77. The zero-order valence-corrected chi connectivity index (χ0v) is 14.2. The van der Waals surface area contributed by atoms with Crippen molar-refractivity contribution in [3.05, 3.63) is 39.4 Å². The van der Waals surface area contributed by atoms with Crippen molar-refractivity contribution in [1.82, 2.24) is 10.2 Å². The Morgan fingerprint density at radius 1 is 1.36 bits per heavy atom. The maximum atomic E-state index is 11.1. The van der Waals surface area contributed by atoms with Crippen molar-refractivity contribution < 1.29 is 4.92 Å². The van der Waals surface area contributed by atoms with E-state index in [0.717, 1.165) is 56.6 Å². The van der Waals surface area contributed by atoms with E-state index in [-0.39, 0.29) is 23.0 Å². The molecular weight excluding hydrogens is 302 g/mol. The maximum Gasteiger partial charge on any atom is 0.272 e. The molecule has 1 N–H and O–H groups in total. The molecule has 1 aliphatic rings. The third kappa shape index (κ3) is 4.66. The van der Waals surface area contributed by atoms with E-state index in [1.54, 1.807) is 12.1 Å². The largest absolute Gasteiger partial charge is 0.317 e. The molecule has 0 bridgehead atoms. The summed E-state index contributed by atoms with van der Waals surface area (Å²) < 4.78 is 0. The first kappa shape index (κ1) is 18.9. The summed E-state index contributed by atoms with van der Waals surface area (Å²) in [7, 11) is 0. The molecule has 5 nitrogen and oxygen atoms in total. The van der Waals surface area contributed by atoms with Gasteiger partial charge in [-0.2, -0.15) is 0 Å². The van der Waals surface area contributed by atoms with E-state index in [9.17, 15) is 10.1 Å². The average molecular weight is 328 g/mol. The lowest BCUT2D eigenvalue weighted by Gasteiger charge is -2.34. The second-order valence-corrected chi connectivity index (χ2v) is 5.77. The van der Waals surface area contributed by atoms with E-state index in [0.29, 0.717) is 6.04 Å². The number of benzene rings is 1. The number of hydrogen-bond acceptors (Lipinski definition) is 4. The SMILES string of the molecule is CCCN(Cc1cccc([N+](=O)[O-])c1C)C1CCNCC1.Cl. The van der Waals surface area contributed by atoms with Gasteiger partial charge in [0.1, 0.15) is 0 Å². The minimum absolute atomic E-state index is 0. The quantitative estimate of drug-likeness (QED) is 0.643. The summed E-state index contributed by atoms with van der Waals surface area (Å²) in [4.78, 5) is 13.3. The third-order valence-corrected chi connectivity index (χ3v) is 4.32. The normalized spacial score (nSPS) is 15.6. The number of nitro benzene ring substituents is 1. The molecule has 0 radical (unpaired) electrons. The van der Waals surface area contributed by atoms with Gasteiger partial charge in [-0.15, -0.1) is 12.4 Å². The zero-order valence-electron chi connectivity index (χ0n) is 13.4. The Hall–Kier alpha value is -1.17. The Bertz CT molecular complexity index is 490. The highest BCUT2D eigenvalue weighted by Gasteiger charge is 2.22.